The van der Waals surface area contributed by atoms with E-state index in [0.29, 0.717) is 5.65 Å². The van der Waals surface area contributed by atoms with Crippen molar-refractivity contribution in [3.8, 4) is 0 Å². The number of carboxylic acid groups (broad SMARTS) is 1. The highest BCUT2D eigenvalue weighted by Crippen LogP contribution is 2.39. The van der Waals surface area contributed by atoms with Gasteiger partial charge in [-0.1, -0.05) is 6.42 Å². The van der Waals surface area contributed by atoms with Crippen LogP contribution in [0.15, 0.2) is 12.1 Å². The number of nitrogens with one attached hydrogen (secondary N) is 1. The maximum Gasteiger partial charge on any atom is 0.307 e. The van der Waals surface area contributed by atoms with Gasteiger partial charge in [-0.25, -0.2) is 9.97 Å². The average molecular weight is 274 g/mol. The zero-order valence-corrected chi connectivity index (χ0v) is 11.6. The molecule has 2 aromatic heterocycles. The molecule has 2 atom stereocenters. The third-order valence-electron chi connectivity index (χ3n) is 3.99. The van der Waals surface area contributed by atoms with Gasteiger partial charge in [0.15, 0.2) is 5.65 Å². The third-order valence-corrected chi connectivity index (χ3v) is 3.99. The summed E-state index contributed by atoms with van der Waals surface area (Å²) >= 11 is 0. The predicted molar refractivity (Wildman–Crippen MR) is 75.9 cm³/mol. The predicted octanol–water partition coefficient (Wildman–Crippen LogP) is 1.99. The smallest absolute Gasteiger partial charge is 0.307 e. The maximum atomic E-state index is 11.3. The van der Waals surface area contributed by atoms with Gasteiger partial charge in [0.05, 0.1) is 11.4 Å². The molecule has 0 saturated heterocycles. The van der Waals surface area contributed by atoms with Crippen LogP contribution in [0.5, 0.6) is 0 Å². The monoisotopic (exact) mass is 274 g/mol. The molecule has 1 fully saturated rings. The van der Waals surface area contributed by atoms with Crippen LogP contribution < -0.4 is 4.90 Å². The molecule has 1 aliphatic carbocycles. The molecule has 2 aromatic rings. The second-order valence-electron chi connectivity index (χ2n) is 5.54. The first-order chi connectivity index (χ1) is 9.56. The largest absolute Gasteiger partial charge is 0.481 e. The zero-order valence-electron chi connectivity index (χ0n) is 11.6. The number of aromatic amines is 1. The summed E-state index contributed by atoms with van der Waals surface area (Å²) in [5.74, 6) is 0.522. The summed E-state index contributed by atoms with van der Waals surface area (Å²) in [4.78, 5) is 25.4. The maximum absolute atomic E-state index is 11.3. The third kappa shape index (κ3) is 2.11. The van der Waals surface area contributed by atoms with E-state index in [1.54, 1.807) is 0 Å². The number of fused-ring (bicyclic) bond motifs is 1. The summed E-state index contributed by atoms with van der Waals surface area (Å²) in [6.07, 6.45) is 2.54. The van der Waals surface area contributed by atoms with Crippen LogP contribution in [0.4, 0.5) is 5.82 Å². The normalized spacial score (nSPS) is 22.3. The molecule has 0 aliphatic heterocycles. The standard InChI is InChI=1S/C14H18N4O2/c1-18(2)11-7-6-10-13(16-11)17-12(15-10)8-4-3-5-9(8)14(19)20/h6-9H,3-5H2,1-2H3,(H,19,20)(H,15,16,17). The van der Waals surface area contributed by atoms with Crippen LogP contribution in [0.2, 0.25) is 0 Å². The van der Waals surface area contributed by atoms with E-state index in [1.807, 2.05) is 31.1 Å². The van der Waals surface area contributed by atoms with Crippen molar-refractivity contribution in [2.45, 2.75) is 25.2 Å². The Balaban J connectivity index is 1.98. The number of H-pyrrole nitrogens is 1. The Bertz CT molecular complexity index is 650. The lowest BCUT2D eigenvalue weighted by molar-refractivity contribution is -0.142. The van der Waals surface area contributed by atoms with Gasteiger partial charge in [0.1, 0.15) is 11.6 Å². The van der Waals surface area contributed by atoms with Gasteiger partial charge < -0.3 is 15.0 Å². The Morgan fingerprint density at radius 1 is 1.35 bits per heavy atom. The fourth-order valence-corrected chi connectivity index (χ4v) is 2.91. The molecule has 3 rings (SSSR count). The van der Waals surface area contributed by atoms with Crippen LogP contribution in [0, 0.1) is 5.92 Å². The number of carboxylic acids is 1. The van der Waals surface area contributed by atoms with Crippen LogP contribution in [-0.4, -0.2) is 40.1 Å². The summed E-state index contributed by atoms with van der Waals surface area (Å²) in [5.41, 5.74) is 1.52. The fourth-order valence-electron chi connectivity index (χ4n) is 2.91. The molecule has 0 bridgehead atoms. The van der Waals surface area contributed by atoms with Crippen molar-refractivity contribution in [2.24, 2.45) is 5.92 Å². The lowest BCUT2D eigenvalue weighted by Gasteiger charge is -2.12. The number of hydrogen-bond acceptors (Lipinski definition) is 4. The van der Waals surface area contributed by atoms with Gasteiger partial charge in [0, 0.05) is 20.0 Å². The lowest BCUT2D eigenvalue weighted by Crippen LogP contribution is -2.17. The quantitative estimate of drug-likeness (QED) is 0.894. The van der Waals surface area contributed by atoms with Crippen molar-refractivity contribution in [3.63, 3.8) is 0 Å². The van der Waals surface area contributed by atoms with E-state index in [2.05, 4.69) is 15.0 Å². The van der Waals surface area contributed by atoms with Crippen LogP contribution in [0.25, 0.3) is 11.2 Å². The lowest BCUT2D eigenvalue weighted by atomic mass is 9.96. The molecule has 2 heterocycles. The molecule has 2 unspecified atom stereocenters. The summed E-state index contributed by atoms with van der Waals surface area (Å²) in [5, 5.41) is 9.27. The van der Waals surface area contributed by atoms with Crippen molar-refractivity contribution in [1.82, 2.24) is 15.0 Å². The Morgan fingerprint density at radius 2 is 2.15 bits per heavy atom. The molecule has 0 radical (unpaired) electrons. The molecule has 0 amide bonds. The Labute approximate surface area is 116 Å². The first kappa shape index (κ1) is 12.9. The molecule has 1 saturated carbocycles. The minimum Gasteiger partial charge on any atom is -0.481 e. The van der Waals surface area contributed by atoms with Crippen LogP contribution >= 0.6 is 0 Å². The van der Waals surface area contributed by atoms with E-state index in [0.717, 1.165) is 36.4 Å². The average Bonchev–Trinajstić information content (AvgIpc) is 3.03. The second kappa shape index (κ2) is 4.77. The zero-order chi connectivity index (χ0) is 14.3. The van der Waals surface area contributed by atoms with Gasteiger partial charge in [-0.15, -0.1) is 0 Å². The number of hydrogen-bond donors (Lipinski definition) is 2. The summed E-state index contributed by atoms with van der Waals surface area (Å²) in [6.45, 7) is 0. The summed E-state index contributed by atoms with van der Waals surface area (Å²) in [6, 6.07) is 3.87. The number of pyridine rings is 1. The van der Waals surface area contributed by atoms with Crippen LogP contribution in [-0.2, 0) is 4.79 Å². The molecule has 0 spiro atoms. The number of anilines is 1. The number of carbonyl (C=O) groups is 1. The fraction of sp³-hybridized carbons (Fsp3) is 0.500. The van der Waals surface area contributed by atoms with E-state index < -0.39 is 5.97 Å². The molecular formula is C14H18N4O2. The topological polar surface area (TPSA) is 82.1 Å². The SMILES string of the molecule is CN(C)c1ccc2[nH]c(C3CCCC3C(=O)O)nc2n1. The van der Waals surface area contributed by atoms with Crippen molar-refractivity contribution >= 4 is 23.0 Å². The van der Waals surface area contributed by atoms with E-state index in [-0.39, 0.29) is 11.8 Å². The molecular weight excluding hydrogens is 256 g/mol. The number of rotatable bonds is 3. The number of nitrogens with zero attached hydrogens (tertiary/aromatic N) is 3. The number of aromatic nitrogens is 3. The Morgan fingerprint density at radius 3 is 2.85 bits per heavy atom. The number of imidazole rings is 1. The first-order valence-electron chi connectivity index (χ1n) is 6.83. The van der Waals surface area contributed by atoms with Gasteiger partial charge in [-0.2, -0.15) is 0 Å². The van der Waals surface area contributed by atoms with Crippen molar-refractivity contribution in [3.05, 3.63) is 18.0 Å². The van der Waals surface area contributed by atoms with Gasteiger partial charge in [0.25, 0.3) is 0 Å². The van der Waals surface area contributed by atoms with Crippen LogP contribution in [0.1, 0.15) is 31.0 Å². The molecule has 106 valence electrons. The van der Waals surface area contributed by atoms with Gasteiger partial charge >= 0.3 is 5.97 Å². The Hall–Kier alpha value is -2.11. The van der Waals surface area contributed by atoms with Crippen molar-refractivity contribution in [2.75, 3.05) is 19.0 Å². The van der Waals surface area contributed by atoms with E-state index >= 15 is 0 Å². The van der Waals surface area contributed by atoms with Crippen molar-refractivity contribution < 1.29 is 9.90 Å². The van der Waals surface area contributed by atoms with Crippen molar-refractivity contribution in [1.29, 1.82) is 0 Å². The summed E-state index contributed by atoms with van der Waals surface area (Å²) in [7, 11) is 3.86. The number of aliphatic carboxylic acids is 1. The highest BCUT2D eigenvalue weighted by Gasteiger charge is 2.35. The highest BCUT2D eigenvalue weighted by molar-refractivity contribution is 5.74. The molecule has 0 aromatic carbocycles. The molecule has 20 heavy (non-hydrogen) atoms. The van der Waals surface area contributed by atoms with E-state index in [9.17, 15) is 9.90 Å². The molecule has 6 heteroatoms. The highest BCUT2D eigenvalue weighted by atomic mass is 16.4. The Kier molecular flexibility index (Phi) is 3.08. The van der Waals surface area contributed by atoms with Crippen LogP contribution in [0.3, 0.4) is 0 Å². The molecule has 1 aliphatic rings. The minimum atomic E-state index is -0.727. The van der Waals surface area contributed by atoms with Gasteiger partial charge in [-0.3, -0.25) is 4.79 Å². The summed E-state index contributed by atoms with van der Waals surface area (Å²) < 4.78 is 0. The molecule has 2 N–H and O–H groups in total. The first-order valence-corrected chi connectivity index (χ1v) is 6.83. The second-order valence-corrected chi connectivity index (χ2v) is 5.54. The van der Waals surface area contributed by atoms with E-state index in [4.69, 9.17) is 0 Å². The van der Waals surface area contributed by atoms with Gasteiger partial charge in [-0.05, 0) is 25.0 Å². The molecule has 6 nitrogen and oxygen atoms in total. The minimum absolute atomic E-state index is 0.0236. The van der Waals surface area contributed by atoms with Gasteiger partial charge in [0.2, 0.25) is 0 Å². The van der Waals surface area contributed by atoms with E-state index in [1.165, 1.54) is 0 Å².